The van der Waals surface area contributed by atoms with Gasteiger partial charge in [0.1, 0.15) is 0 Å². The molecule has 1 saturated heterocycles. The molecule has 2 atom stereocenters. The fourth-order valence-electron chi connectivity index (χ4n) is 3.43. The predicted molar refractivity (Wildman–Crippen MR) is 105 cm³/mol. The van der Waals surface area contributed by atoms with Gasteiger partial charge >= 0.3 is 0 Å². The van der Waals surface area contributed by atoms with Gasteiger partial charge in [0.05, 0.1) is 12.0 Å². The van der Waals surface area contributed by atoms with Crippen LogP contribution in [-0.4, -0.2) is 30.0 Å². The van der Waals surface area contributed by atoms with Gasteiger partial charge in [0.25, 0.3) is 0 Å². The van der Waals surface area contributed by atoms with Crippen molar-refractivity contribution in [1.82, 2.24) is 10.3 Å². The zero-order valence-electron chi connectivity index (χ0n) is 14.7. The Kier molecular flexibility index (Phi) is 4.54. The number of carbonyl (C=O) groups excluding carboxylic acids is 1. The lowest BCUT2D eigenvalue weighted by molar-refractivity contribution is -0.119. The van der Waals surface area contributed by atoms with Gasteiger partial charge in [-0.2, -0.15) is 0 Å². The van der Waals surface area contributed by atoms with Crippen molar-refractivity contribution in [2.24, 2.45) is 5.92 Å². The number of benzene rings is 2. The summed E-state index contributed by atoms with van der Waals surface area (Å²) in [6.45, 7) is 3.44. The molecular formula is C21H22N4O. The smallest absolute Gasteiger partial charge is 0.230 e. The van der Waals surface area contributed by atoms with Crippen LogP contribution >= 0.6 is 0 Å². The summed E-state index contributed by atoms with van der Waals surface area (Å²) >= 11 is 0. The average Bonchev–Trinajstić information content (AvgIpc) is 3.12. The van der Waals surface area contributed by atoms with Crippen LogP contribution in [0.15, 0.2) is 60.9 Å². The fraction of sp³-hybridized carbons (Fsp3) is 0.238. The number of fused-ring (bicyclic) bond motifs is 1. The first-order valence-corrected chi connectivity index (χ1v) is 8.88. The Morgan fingerprint density at radius 2 is 2.00 bits per heavy atom. The van der Waals surface area contributed by atoms with Crippen LogP contribution in [0.1, 0.15) is 5.56 Å². The molecule has 0 spiro atoms. The van der Waals surface area contributed by atoms with Gasteiger partial charge in [0.2, 0.25) is 5.91 Å². The summed E-state index contributed by atoms with van der Waals surface area (Å²) in [6, 6.07) is 16.1. The second-order valence-electron chi connectivity index (χ2n) is 6.76. The molecule has 132 valence electrons. The molecule has 5 heteroatoms. The van der Waals surface area contributed by atoms with Crippen LogP contribution in [-0.2, 0) is 4.79 Å². The number of aromatic nitrogens is 1. The van der Waals surface area contributed by atoms with E-state index in [4.69, 9.17) is 0 Å². The molecule has 1 aliphatic rings. The maximum absolute atomic E-state index is 12.8. The summed E-state index contributed by atoms with van der Waals surface area (Å²) in [4.78, 5) is 16.9. The van der Waals surface area contributed by atoms with E-state index in [1.807, 2.05) is 49.5 Å². The van der Waals surface area contributed by atoms with Crippen molar-refractivity contribution < 1.29 is 4.79 Å². The van der Waals surface area contributed by atoms with Crippen molar-refractivity contribution in [2.75, 3.05) is 23.7 Å². The van der Waals surface area contributed by atoms with Gasteiger partial charge < -0.3 is 16.0 Å². The van der Waals surface area contributed by atoms with E-state index in [9.17, 15) is 4.79 Å². The van der Waals surface area contributed by atoms with Gasteiger partial charge in [-0.05, 0) is 42.1 Å². The fourth-order valence-corrected chi connectivity index (χ4v) is 3.43. The molecule has 1 fully saturated rings. The average molecular weight is 346 g/mol. The third-order valence-electron chi connectivity index (χ3n) is 4.95. The molecule has 0 unspecified atom stereocenters. The van der Waals surface area contributed by atoms with Crippen molar-refractivity contribution in [1.29, 1.82) is 0 Å². The van der Waals surface area contributed by atoms with Crippen LogP contribution in [0.3, 0.4) is 0 Å². The minimum absolute atomic E-state index is 0.0480. The number of aryl methyl sites for hydroxylation is 1. The maximum atomic E-state index is 12.8. The molecule has 4 rings (SSSR count). The predicted octanol–water partition coefficient (Wildman–Crippen LogP) is 3.18. The lowest BCUT2D eigenvalue weighted by Gasteiger charge is -2.21. The standard InChI is InChI=1S/C21H22N4O/c1-14-4-2-3-5-19(14)25-21(26)18-12-23-13-20(18)24-17-7-6-16-11-22-9-8-15(16)10-17/h2-11,18,20,23-24H,12-13H2,1H3,(H,25,26)/t18-,20-/m0/s1. The first kappa shape index (κ1) is 16.5. The maximum Gasteiger partial charge on any atom is 0.230 e. The van der Waals surface area contributed by atoms with Crippen LogP contribution in [0.25, 0.3) is 10.8 Å². The monoisotopic (exact) mass is 346 g/mol. The van der Waals surface area contributed by atoms with Crippen molar-refractivity contribution >= 4 is 28.1 Å². The highest BCUT2D eigenvalue weighted by Gasteiger charge is 2.33. The second-order valence-corrected chi connectivity index (χ2v) is 6.76. The number of nitrogens with zero attached hydrogens (tertiary/aromatic N) is 1. The zero-order chi connectivity index (χ0) is 17.9. The van der Waals surface area contributed by atoms with E-state index in [0.29, 0.717) is 6.54 Å². The van der Waals surface area contributed by atoms with E-state index in [1.165, 1.54) is 0 Å². The van der Waals surface area contributed by atoms with Gasteiger partial charge in [-0.1, -0.05) is 24.3 Å². The molecule has 0 aliphatic carbocycles. The minimum Gasteiger partial charge on any atom is -0.380 e. The summed E-state index contributed by atoms with van der Waals surface area (Å²) < 4.78 is 0. The van der Waals surface area contributed by atoms with Crippen LogP contribution in [0.4, 0.5) is 11.4 Å². The summed E-state index contributed by atoms with van der Waals surface area (Å²) in [5, 5.41) is 12.2. The molecule has 5 nitrogen and oxygen atoms in total. The number of pyridine rings is 1. The first-order chi connectivity index (χ1) is 12.7. The molecule has 0 radical (unpaired) electrons. The SMILES string of the molecule is Cc1ccccc1NC(=O)[C@H]1CNC[C@@H]1Nc1ccc2cnccc2c1. The lowest BCUT2D eigenvalue weighted by Crippen LogP contribution is -2.36. The first-order valence-electron chi connectivity index (χ1n) is 8.88. The van der Waals surface area contributed by atoms with E-state index < -0.39 is 0 Å². The highest BCUT2D eigenvalue weighted by Crippen LogP contribution is 2.23. The second kappa shape index (κ2) is 7.14. The molecule has 2 aromatic carbocycles. The molecular weight excluding hydrogens is 324 g/mol. The Morgan fingerprint density at radius 3 is 2.88 bits per heavy atom. The Bertz CT molecular complexity index is 940. The normalized spacial score (nSPS) is 19.4. The van der Waals surface area contributed by atoms with Crippen molar-refractivity contribution in [3.05, 3.63) is 66.5 Å². The van der Waals surface area contributed by atoms with Crippen LogP contribution in [0.2, 0.25) is 0 Å². The summed E-state index contributed by atoms with van der Waals surface area (Å²) in [6.07, 6.45) is 3.65. The number of carbonyl (C=O) groups is 1. The molecule has 1 aromatic heterocycles. The highest BCUT2D eigenvalue weighted by molar-refractivity contribution is 5.94. The van der Waals surface area contributed by atoms with Crippen molar-refractivity contribution in [3.63, 3.8) is 0 Å². The lowest BCUT2D eigenvalue weighted by atomic mass is 10.0. The molecule has 2 heterocycles. The number of nitrogens with one attached hydrogen (secondary N) is 3. The van der Waals surface area contributed by atoms with Crippen molar-refractivity contribution in [3.8, 4) is 0 Å². The number of hydrogen-bond acceptors (Lipinski definition) is 4. The van der Waals surface area contributed by atoms with Crippen LogP contribution in [0.5, 0.6) is 0 Å². The van der Waals surface area contributed by atoms with E-state index in [-0.39, 0.29) is 17.9 Å². The number of rotatable bonds is 4. The van der Waals surface area contributed by atoms with Crippen LogP contribution < -0.4 is 16.0 Å². The molecule has 0 bridgehead atoms. The number of para-hydroxylation sites is 1. The summed E-state index contributed by atoms with van der Waals surface area (Å²) in [7, 11) is 0. The summed E-state index contributed by atoms with van der Waals surface area (Å²) in [5.74, 6) is -0.0745. The number of amides is 1. The van der Waals surface area contributed by atoms with Crippen LogP contribution in [0, 0.1) is 12.8 Å². The molecule has 1 aliphatic heterocycles. The van der Waals surface area contributed by atoms with Gasteiger partial charge in [-0.3, -0.25) is 9.78 Å². The summed E-state index contributed by atoms with van der Waals surface area (Å²) in [5.41, 5.74) is 2.96. The topological polar surface area (TPSA) is 66.1 Å². The molecule has 3 N–H and O–H groups in total. The molecule has 3 aromatic rings. The Balaban J connectivity index is 1.48. The third-order valence-corrected chi connectivity index (χ3v) is 4.95. The number of hydrogen-bond donors (Lipinski definition) is 3. The Labute approximate surface area is 152 Å². The number of anilines is 2. The third kappa shape index (κ3) is 3.39. The van der Waals surface area contributed by atoms with Gasteiger partial charge in [-0.25, -0.2) is 0 Å². The molecule has 0 saturated carbocycles. The Morgan fingerprint density at radius 1 is 1.12 bits per heavy atom. The van der Waals surface area contributed by atoms with E-state index in [1.54, 1.807) is 6.20 Å². The molecule has 26 heavy (non-hydrogen) atoms. The van der Waals surface area contributed by atoms with Gasteiger partial charge in [-0.15, -0.1) is 0 Å². The van der Waals surface area contributed by atoms with Gasteiger partial charge in [0, 0.05) is 42.2 Å². The van der Waals surface area contributed by atoms with E-state index in [2.05, 4.69) is 33.1 Å². The minimum atomic E-state index is -0.122. The Hall–Kier alpha value is -2.92. The van der Waals surface area contributed by atoms with Crippen molar-refractivity contribution in [2.45, 2.75) is 13.0 Å². The highest BCUT2D eigenvalue weighted by atomic mass is 16.2. The molecule has 1 amide bonds. The van der Waals surface area contributed by atoms with E-state index in [0.717, 1.165) is 34.3 Å². The largest absolute Gasteiger partial charge is 0.380 e. The van der Waals surface area contributed by atoms with Gasteiger partial charge in [0.15, 0.2) is 0 Å². The quantitative estimate of drug-likeness (QED) is 0.679. The van der Waals surface area contributed by atoms with E-state index >= 15 is 0 Å². The zero-order valence-corrected chi connectivity index (χ0v) is 14.7.